The van der Waals surface area contributed by atoms with Crippen molar-refractivity contribution < 1.29 is 9.53 Å². The summed E-state index contributed by atoms with van der Waals surface area (Å²) >= 11 is 0. The van der Waals surface area contributed by atoms with Gasteiger partial charge in [-0.15, -0.1) is 17.0 Å². The summed E-state index contributed by atoms with van der Waals surface area (Å²) in [6, 6.07) is 0.504. The average Bonchev–Trinajstić information content (AvgIpc) is 2.26. The molecule has 0 saturated carbocycles. The van der Waals surface area contributed by atoms with E-state index in [0.717, 1.165) is 6.42 Å². The van der Waals surface area contributed by atoms with Crippen LogP contribution in [0.25, 0.3) is 0 Å². The van der Waals surface area contributed by atoms with Crippen molar-refractivity contribution in [2.45, 2.75) is 45.1 Å². The van der Waals surface area contributed by atoms with Crippen LogP contribution in [0.2, 0.25) is 0 Å². The first-order valence-electron chi connectivity index (χ1n) is 6.07. The maximum Gasteiger partial charge on any atom is 0.330 e. The van der Waals surface area contributed by atoms with Crippen LogP contribution in [-0.4, -0.2) is 37.6 Å². The molecule has 17 heavy (non-hydrogen) atoms. The second-order valence-electron chi connectivity index (χ2n) is 4.27. The first kappa shape index (κ1) is 19.0. The molecular weight excluding hydrogens is 282 g/mol. The first-order valence-corrected chi connectivity index (χ1v) is 6.07. The monoisotopic (exact) mass is 307 g/mol. The highest BCUT2D eigenvalue weighted by Gasteiger charge is 2.11. The molecule has 0 spiro atoms. The molecule has 0 aromatic carbocycles. The van der Waals surface area contributed by atoms with E-state index in [1.807, 2.05) is 0 Å². The fourth-order valence-electron chi connectivity index (χ4n) is 1.65. The zero-order valence-corrected chi connectivity index (χ0v) is 13.0. The lowest BCUT2D eigenvalue weighted by molar-refractivity contribution is -0.138. The van der Waals surface area contributed by atoms with Gasteiger partial charge in [-0.05, 0) is 26.9 Å². The molecule has 0 bridgehead atoms. The Morgan fingerprint density at radius 3 is 2.47 bits per heavy atom. The van der Waals surface area contributed by atoms with Gasteiger partial charge in [-0.3, -0.25) is 0 Å². The number of nitrogens with zero attached hydrogens (tertiary/aromatic N) is 1. The summed E-state index contributed by atoms with van der Waals surface area (Å²) in [5.74, 6) is -0.328. The van der Waals surface area contributed by atoms with Gasteiger partial charge in [0.2, 0.25) is 0 Å². The smallest absolute Gasteiger partial charge is 0.330 e. The Kier molecular flexibility index (Phi) is 13.5. The Morgan fingerprint density at radius 2 is 2.00 bits per heavy atom. The predicted molar refractivity (Wildman–Crippen MR) is 77.7 cm³/mol. The molecule has 0 aliphatic heterocycles. The number of hydrogen-bond donors (Lipinski definition) is 0. The van der Waals surface area contributed by atoms with Crippen LogP contribution in [0.15, 0.2) is 12.7 Å². The van der Waals surface area contributed by atoms with Crippen LogP contribution in [0.4, 0.5) is 0 Å². The molecule has 1 unspecified atom stereocenters. The van der Waals surface area contributed by atoms with Gasteiger partial charge in [-0.25, -0.2) is 4.79 Å². The molecule has 4 heteroatoms. The van der Waals surface area contributed by atoms with Gasteiger partial charge in [0.05, 0.1) is 6.61 Å². The third-order valence-electron chi connectivity index (χ3n) is 2.73. The quantitative estimate of drug-likeness (QED) is 0.372. The highest BCUT2D eigenvalue weighted by molar-refractivity contribution is 8.93. The SMILES string of the molecule is Br.C=CC(=O)OCCC(CCCCC)N(C)C. The van der Waals surface area contributed by atoms with E-state index in [4.69, 9.17) is 4.74 Å². The van der Waals surface area contributed by atoms with Gasteiger partial charge < -0.3 is 9.64 Å². The summed E-state index contributed by atoms with van der Waals surface area (Å²) < 4.78 is 4.99. The summed E-state index contributed by atoms with van der Waals surface area (Å²) in [5, 5.41) is 0. The Hall–Kier alpha value is -0.350. The van der Waals surface area contributed by atoms with Gasteiger partial charge >= 0.3 is 5.97 Å². The standard InChI is InChI=1S/C13H25NO2.BrH/c1-5-7-8-9-12(14(3)4)10-11-16-13(15)6-2;/h6,12H,2,5,7-11H2,1,3-4H3;1H. The van der Waals surface area contributed by atoms with Crippen LogP contribution in [0.3, 0.4) is 0 Å². The van der Waals surface area contributed by atoms with Gasteiger partial charge in [0, 0.05) is 12.1 Å². The van der Waals surface area contributed by atoms with Crippen LogP contribution < -0.4 is 0 Å². The second kappa shape index (κ2) is 12.1. The van der Waals surface area contributed by atoms with E-state index in [9.17, 15) is 4.79 Å². The van der Waals surface area contributed by atoms with Crippen LogP contribution in [0.5, 0.6) is 0 Å². The van der Waals surface area contributed by atoms with Gasteiger partial charge in [0.15, 0.2) is 0 Å². The molecule has 0 aliphatic rings. The summed E-state index contributed by atoms with van der Waals surface area (Å²) in [6.45, 7) is 6.06. The number of halogens is 1. The van der Waals surface area contributed by atoms with Crippen LogP contribution in [-0.2, 0) is 9.53 Å². The lowest BCUT2D eigenvalue weighted by Gasteiger charge is -2.24. The molecule has 0 fully saturated rings. The zero-order chi connectivity index (χ0) is 12.4. The fraction of sp³-hybridized carbons (Fsp3) is 0.769. The van der Waals surface area contributed by atoms with E-state index in [2.05, 4.69) is 32.5 Å². The number of hydrogen-bond acceptors (Lipinski definition) is 3. The number of ether oxygens (including phenoxy) is 1. The van der Waals surface area contributed by atoms with Gasteiger partial charge in [-0.2, -0.15) is 0 Å². The summed E-state index contributed by atoms with van der Waals surface area (Å²) in [5.41, 5.74) is 0. The van der Waals surface area contributed by atoms with Crippen molar-refractivity contribution in [2.75, 3.05) is 20.7 Å². The van der Waals surface area contributed by atoms with Crippen LogP contribution in [0, 0.1) is 0 Å². The van der Waals surface area contributed by atoms with E-state index in [1.54, 1.807) is 0 Å². The number of carbonyl (C=O) groups excluding carboxylic acids is 1. The minimum Gasteiger partial charge on any atom is -0.462 e. The van der Waals surface area contributed by atoms with Crippen LogP contribution >= 0.6 is 17.0 Å². The predicted octanol–water partition coefficient (Wildman–Crippen LogP) is 3.19. The molecule has 0 aromatic heterocycles. The maximum absolute atomic E-state index is 10.9. The highest BCUT2D eigenvalue weighted by Crippen LogP contribution is 2.11. The number of unbranched alkanes of at least 4 members (excludes halogenated alkanes) is 2. The summed E-state index contributed by atoms with van der Waals surface area (Å²) in [4.78, 5) is 13.1. The average molecular weight is 308 g/mol. The molecule has 3 nitrogen and oxygen atoms in total. The van der Waals surface area contributed by atoms with E-state index in [1.165, 1.54) is 31.8 Å². The molecule has 0 N–H and O–H groups in total. The largest absolute Gasteiger partial charge is 0.462 e. The van der Waals surface area contributed by atoms with Gasteiger partial charge in [-0.1, -0.05) is 32.8 Å². The molecular formula is C13H26BrNO2. The molecule has 0 radical (unpaired) electrons. The third kappa shape index (κ3) is 10.5. The molecule has 1 atom stereocenters. The molecule has 0 rings (SSSR count). The van der Waals surface area contributed by atoms with E-state index in [-0.39, 0.29) is 23.0 Å². The Balaban J connectivity index is 0. The highest BCUT2D eigenvalue weighted by atomic mass is 79.9. The van der Waals surface area contributed by atoms with E-state index in [0.29, 0.717) is 12.6 Å². The normalized spacial score (nSPS) is 11.8. The van der Waals surface area contributed by atoms with Crippen molar-refractivity contribution in [3.8, 4) is 0 Å². The Bertz CT molecular complexity index is 208. The minimum atomic E-state index is -0.328. The van der Waals surface area contributed by atoms with E-state index < -0.39 is 0 Å². The van der Waals surface area contributed by atoms with Crippen molar-refractivity contribution >= 4 is 23.0 Å². The topological polar surface area (TPSA) is 29.5 Å². The minimum absolute atomic E-state index is 0. The van der Waals surface area contributed by atoms with Crippen molar-refractivity contribution in [1.82, 2.24) is 4.90 Å². The zero-order valence-electron chi connectivity index (χ0n) is 11.3. The van der Waals surface area contributed by atoms with Gasteiger partial charge in [0.1, 0.15) is 0 Å². The molecule has 102 valence electrons. The van der Waals surface area contributed by atoms with Crippen molar-refractivity contribution in [1.29, 1.82) is 0 Å². The van der Waals surface area contributed by atoms with Gasteiger partial charge in [0.25, 0.3) is 0 Å². The molecule has 0 saturated heterocycles. The van der Waals surface area contributed by atoms with Crippen molar-refractivity contribution in [3.05, 3.63) is 12.7 Å². The summed E-state index contributed by atoms with van der Waals surface area (Å²) in [6.07, 6.45) is 7.04. The Labute approximate surface area is 116 Å². The summed E-state index contributed by atoms with van der Waals surface area (Å²) in [7, 11) is 4.15. The molecule has 0 heterocycles. The number of esters is 1. The number of carbonyl (C=O) groups is 1. The van der Waals surface area contributed by atoms with E-state index >= 15 is 0 Å². The lowest BCUT2D eigenvalue weighted by Crippen LogP contribution is -2.29. The maximum atomic E-state index is 10.9. The van der Waals surface area contributed by atoms with Crippen molar-refractivity contribution in [3.63, 3.8) is 0 Å². The number of rotatable bonds is 9. The lowest BCUT2D eigenvalue weighted by atomic mass is 10.1. The third-order valence-corrected chi connectivity index (χ3v) is 2.73. The molecule has 0 aromatic rings. The molecule has 0 aliphatic carbocycles. The molecule has 0 amide bonds. The van der Waals surface area contributed by atoms with Crippen LogP contribution in [0.1, 0.15) is 39.0 Å². The second-order valence-corrected chi connectivity index (χ2v) is 4.27. The fourth-order valence-corrected chi connectivity index (χ4v) is 1.65. The Morgan fingerprint density at radius 1 is 1.35 bits per heavy atom. The van der Waals surface area contributed by atoms with Crippen molar-refractivity contribution in [2.24, 2.45) is 0 Å². The first-order chi connectivity index (χ1) is 7.61.